The van der Waals surface area contributed by atoms with E-state index in [-0.39, 0.29) is 37.6 Å². The molecule has 2 amide bonds. The van der Waals surface area contributed by atoms with E-state index in [0.29, 0.717) is 18.5 Å². The summed E-state index contributed by atoms with van der Waals surface area (Å²) in [6.07, 6.45) is 2.32. The molecule has 9 nitrogen and oxygen atoms in total. The number of hydrogen-bond donors (Lipinski definition) is 4. The Kier molecular flexibility index (Phi) is 10.6. The third-order valence-corrected chi connectivity index (χ3v) is 5.97. The first-order valence-corrected chi connectivity index (χ1v) is 12.0. The van der Waals surface area contributed by atoms with Gasteiger partial charge in [-0.05, 0) is 36.7 Å². The Morgan fingerprint density at radius 2 is 1.72 bits per heavy atom. The van der Waals surface area contributed by atoms with Gasteiger partial charge in [-0.1, -0.05) is 42.5 Å². The standard InChI is InChI=1S/C27H35N3O6/c1-3-15-30(2)17-23-16-24(20-9-7-19(18-31)8-10-20)36-27(35-23)21-11-13-22(14-12-21)28-25(32)5-4-6-26(33)29-34/h3,7-14,23-24,27,31,34H,1,4-6,15-18H2,2H3,(H,28,32)(H,29,33)/t23-,24+,27+/m1/s1. The number of hydrogen-bond acceptors (Lipinski definition) is 7. The van der Waals surface area contributed by atoms with Crippen LogP contribution in [0.1, 0.15) is 54.8 Å². The average Bonchev–Trinajstić information content (AvgIpc) is 2.89. The molecule has 3 atom stereocenters. The summed E-state index contributed by atoms with van der Waals surface area (Å²) in [7, 11) is 2.02. The molecule has 1 heterocycles. The summed E-state index contributed by atoms with van der Waals surface area (Å²) in [5.74, 6) is -0.730. The molecule has 0 saturated carbocycles. The molecule has 0 bridgehead atoms. The van der Waals surface area contributed by atoms with Crippen molar-refractivity contribution in [3.63, 3.8) is 0 Å². The number of likely N-dealkylation sites (N-methyl/N-ethyl adjacent to an activating group) is 1. The minimum absolute atomic E-state index is 0.00656. The SMILES string of the molecule is C=CCN(C)C[C@H]1C[C@@H](c2ccc(CO)cc2)O[C@@H](c2ccc(NC(=O)CCCC(=O)NO)cc2)O1. The van der Waals surface area contributed by atoms with Crippen molar-refractivity contribution in [2.45, 2.75) is 50.8 Å². The largest absolute Gasteiger partial charge is 0.392 e. The van der Waals surface area contributed by atoms with Gasteiger partial charge in [0, 0.05) is 43.6 Å². The zero-order valence-electron chi connectivity index (χ0n) is 20.6. The first kappa shape index (κ1) is 27.5. The molecule has 0 unspecified atom stereocenters. The van der Waals surface area contributed by atoms with Gasteiger partial charge in [0.15, 0.2) is 6.29 Å². The number of ether oxygens (including phenoxy) is 2. The quantitative estimate of drug-likeness (QED) is 0.201. The van der Waals surface area contributed by atoms with Crippen LogP contribution in [0.15, 0.2) is 61.2 Å². The summed E-state index contributed by atoms with van der Waals surface area (Å²) in [4.78, 5) is 25.3. The van der Waals surface area contributed by atoms with Crippen molar-refractivity contribution in [3.05, 3.63) is 77.9 Å². The van der Waals surface area contributed by atoms with E-state index in [2.05, 4.69) is 16.8 Å². The van der Waals surface area contributed by atoms with Crippen LogP contribution in [0, 0.1) is 0 Å². The van der Waals surface area contributed by atoms with Crippen molar-refractivity contribution < 1.29 is 29.4 Å². The highest BCUT2D eigenvalue weighted by Crippen LogP contribution is 2.38. The molecule has 2 aromatic rings. The van der Waals surface area contributed by atoms with Crippen molar-refractivity contribution in [2.75, 3.05) is 25.5 Å². The van der Waals surface area contributed by atoms with Crippen molar-refractivity contribution in [1.82, 2.24) is 10.4 Å². The predicted molar refractivity (Wildman–Crippen MR) is 135 cm³/mol. The van der Waals surface area contributed by atoms with E-state index in [0.717, 1.165) is 29.8 Å². The lowest BCUT2D eigenvalue weighted by molar-refractivity contribution is -0.252. The average molecular weight is 498 g/mol. The van der Waals surface area contributed by atoms with Gasteiger partial charge in [-0.25, -0.2) is 5.48 Å². The van der Waals surface area contributed by atoms with Crippen LogP contribution in [-0.2, 0) is 25.7 Å². The number of aliphatic hydroxyl groups is 1. The number of hydroxylamine groups is 1. The van der Waals surface area contributed by atoms with E-state index in [9.17, 15) is 14.7 Å². The van der Waals surface area contributed by atoms with Crippen LogP contribution in [0.3, 0.4) is 0 Å². The molecule has 3 rings (SSSR count). The minimum Gasteiger partial charge on any atom is -0.392 e. The third kappa shape index (κ3) is 8.25. The molecule has 1 saturated heterocycles. The Morgan fingerprint density at radius 1 is 1.06 bits per heavy atom. The summed E-state index contributed by atoms with van der Waals surface area (Å²) in [6.45, 7) is 5.27. The van der Waals surface area contributed by atoms with Gasteiger partial charge in [0.25, 0.3) is 0 Å². The molecule has 1 aliphatic rings. The predicted octanol–water partition coefficient (Wildman–Crippen LogP) is 3.46. The van der Waals surface area contributed by atoms with Crippen molar-refractivity contribution in [3.8, 4) is 0 Å². The van der Waals surface area contributed by atoms with Crippen molar-refractivity contribution in [2.24, 2.45) is 0 Å². The number of rotatable bonds is 12. The molecule has 1 aliphatic heterocycles. The maximum Gasteiger partial charge on any atom is 0.243 e. The molecule has 1 fully saturated rings. The number of amides is 2. The molecule has 4 N–H and O–H groups in total. The number of carbonyl (C=O) groups excluding carboxylic acids is 2. The highest BCUT2D eigenvalue weighted by molar-refractivity contribution is 5.91. The lowest BCUT2D eigenvalue weighted by Gasteiger charge is -2.37. The number of nitrogens with one attached hydrogen (secondary N) is 2. The van der Waals surface area contributed by atoms with Crippen LogP contribution < -0.4 is 10.8 Å². The molecule has 36 heavy (non-hydrogen) atoms. The van der Waals surface area contributed by atoms with Crippen LogP contribution in [0.5, 0.6) is 0 Å². The van der Waals surface area contributed by atoms with Gasteiger partial charge in [0.2, 0.25) is 11.8 Å². The summed E-state index contributed by atoms with van der Waals surface area (Å²) in [5, 5.41) is 20.7. The first-order valence-electron chi connectivity index (χ1n) is 12.0. The van der Waals surface area contributed by atoms with E-state index in [1.165, 1.54) is 0 Å². The molecule has 2 aromatic carbocycles. The molecule has 0 radical (unpaired) electrons. The number of benzene rings is 2. The van der Waals surface area contributed by atoms with Gasteiger partial charge in [0.1, 0.15) is 0 Å². The van der Waals surface area contributed by atoms with Crippen LogP contribution in [0.4, 0.5) is 5.69 Å². The molecule has 0 spiro atoms. The van der Waals surface area contributed by atoms with E-state index in [1.54, 1.807) is 17.6 Å². The molecular weight excluding hydrogens is 462 g/mol. The second kappa shape index (κ2) is 13.9. The Morgan fingerprint density at radius 3 is 2.36 bits per heavy atom. The number of carbonyl (C=O) groups is 2. The van der Waals surface area contributed by atoms with Gasteiger partial charge in [0.05, 0.1) is 18.8 Å². The van der Waals surface area contributed by atoms with Gasteiger partial charge < -0.3 is 24.8 Å². The number of nitrogens with zero attached hydrogens (tertiary/aromatic N) is 1. The lowest BCUT2D eigenvalue weighted by Crippen LogP contribution is -2.37. The Balaban J connectivity index is 1.67. The summed E-state index contributed by atoms with van der Waals surface area (Å²) in [6, 6.07) is 15.1. The van der Waals surface area contributed by atoms with Crippen LogP contribution in [-0.4, -0.2) is 53.3 Å². The fraction of sp³-hybridized carbons (Fsp3) is 0.407. The number of anilines is 1. The molecule has 9 heteroatoms. The first-order chi connectivity index (χ1) is 17.4. The zero-order valence-corrected chi connectivity index (χ0v) is 20.6. The monoisotopic (exact) mass is 497 g/mol. The second-order valence-corrected chi connectivity index (χ2v) is 8.92. The maximum atomic E-state index is 12.1. The summed E-state index contributed by atoms with van der Waals surface area (Å²) in [5.41, 5.74) is 4.89. The van der Waals surface area contributed by atoms with Crippen molar-refractivity contribution in [1.29, 1.82) is 0 Å². The Labute approximate surface area is 211 Å². The van der Waals surface area contributed by atoms with E-state index >= 15 is 0 Å². The fourth-order valence-electron chi connectivity index (χ4n) is 4.09. The maximum absolute atomic E-state index is 12.1. The Bertz CT molecular complexity index is 996. The molecule has 194 valence electrons. The van der Waals surface area contributed by atoms with Gasteiger partial charge in [-0.15, -0.1) is 6.58 Å². The smallest absolute Gasteiger partial charge is 0.243 e. The highest BCUT2D eigenvalue weighted by Gasteiger charge is 2.32. The second-order valence-electron chi connectivity index (χ2n) is 8.92. The fourth-order valence-corrected chi connectivity index (χ4v) is 4.09. The number of aliphatic hydroxyl groups excluding tert-OH is 1. The van der Waals surface area contributed by atoms with Gasteiger partial charge >= 0.3 is 0 Å². The zero-order chi connectivity index (χ0) is 25.9. The molecule has 0 aromatic heterocycles. The van der Waals surface area contributed by atoms with Crippen LogP contribution in [0.25, 0.3) is 0 Å². The minimum atomic E-state index is -0.579. The van der Waals surface area contributed by atoms with Gasteiger partial charge in [-0.3, -0.25) is 14.8 Å². The summed E-state index contributed by atoms with van der Waals surface area (Å²) < 4.78 is 12.7. The van der Waals surface area contributed by atoms with E-state index in [4.69, 9.17) is 14.7 Å². The van der Waals surface area contributed by atoms with Crippen LogP contribution >= 0.6 is 0 Å². The van der Waals surface area contributed by atoms with Crippen LogP contribution in [0.2, 0.25) is 0 Å². The van der Waals surface area contributed by atoms with Gasteiger partial charge in [-0.2, -0.15) is 0 Å². The third-order valence-electron chi connectivity index (χ3n) is 5.97. The summed E-state index contributed by atoms with van der Waals surface area (Å²) >= 11 is 0. The lowest BCUT2D eigenvalue weighted by atomic mass is 9.99. The molecule has 0 aliphatic carbocycles. The Hall–Kier alpha value is -3.08. The van der Waals surface area contributed by atoms with E-state index in [1.807, 2.05) is 49.5 Å². The highest BCUT2D eigenvalue weighted by atomic mass is 16.7. The van der Waals surface area contributed by atoms with Crippen molar-refractivity contribution >= 4 is 17.5 Å². The topological polar surface area (TPSA) is 120 Å². The van der Waals surface area contributed by atoms with E-state index < -0.39 is 12.2 Å². The molecular formula is C27H35N3O6. The normalized spacial score (nSPS) is 19.6.